The van der Waals surface area contributed by atoms with Crippen LogP contribution < -0.4 is 5.56 Å². The number of H-pyrrole nitrogens is 1. The van der Waals surface area contributed by atoms with Gasteiger partial charge in [0.05, 0.1) is 16.9 Å². The van der Waals surface area contributed by atoms with Crippen molar-refractivity contribution >= 4 is 43.3 Å². The number of thiophene rings is 1. The van der Waals surface area contributed by atoms with E-state index in [4.69, 9.17) is 4.74 Å². The molecule has 1 atom stereocenters. The summed E-state index contributed by atoms with van der Waals surface area (Å²) in [5.41, 5.74) is 0.157. The molecule has 32 heavy (non-hydrogen) atoms. The molecule has 9 nitrogen and oxygen atoms in total. The normalized spacial score (nSPS) is 21.0. The van der Waals surface area contributed by atoms with Crippen molar-refractivity contribution in [3.8, 4) is 0 Å². The fourth-order valence-corrected chi connectivity index (χ4v) is 7.61. The Morgan fingerprint density at radius 2 is 1.88 bits per heavy atom. The first-order valence-corrected chi connectivity index (χ1v) is 13.5. The van der Waals surface area contributed by atoms with Gasteiger partial charge in [0.15, 0.2) is 16.4 Å². The van der Waals surface area contributed by atoms with E-state index >= 15 is 0 Å². The molecule has 0 bridgehead atoms. The van der Waals surface area contributed by atoms with Gasteiger partial charge in [-0.2, -0.15) is 0 Å². The Bertz CT molecular complexity index is 1210. The second-order valence-corrected chi connectivity index (χ2v) is 11.8. The first-order chi connectivity index (χ1) is 15.2. The summed E-state index contributed by atoms with van der Waals surface area (Å²) in [6, 6.07) is -0.392. The molecule has 2 aromatic heterocycles. The van der Waals surface area contributed by atoms with Crippen molar-refractivity contribution < 1.29 is 22.7 Å². The van der Waals surface area contributed by atoms with Gasteiger partial charge < -0.3 is 14.6 Å². The largest absolute Gasteiger partial charge is 0.451 e. The highest BCUT2D eigenvalue weighted by molar-refractivity contribution is 7.91. The third-order valence-corrected chi connectivity index (χ3v) is 9.21. The first-order valence-electron chi connectivity index (χ1n) is 10.8. The van der Waals surface area contributed by atoms with E-state index in [9.17, 15) is 22.8 Å². The van der Waals surface area contributed by atoms with Crippen molar-refractivity contribution in [1.82, 2.24) is 14.9 Å². The van der Waals surface area contributed by atoms with Crippen LogP contribution in [0.25, 0.3) is 10.2 Å². The van der Waals surface area contributed by atoms with Gasteiger partial charge in [0.2, 0.25) is 0 Å². The lowest BCUT2D eigenvalue weighted by atomic mass is 9.93. The zero-order valence-corrected chi connectivity index (χ0v) is 19.8. The predicted molar refractivity (Wildman–Crippen MR) is 121 cm³/mol. The molecule has 1 aliphatic heterocycles. The maximum atomic E-state index is 13.1. The highest BCUT2D eigenvalue weighted by Crippen LogP contribution is 2.30. The number of carbonyl (C=O) groups excluding carboxylic acids is 2. The second kappa shape index (κ2) is 8.93. The number of carbonyl (C=O) groups is 2. The Labute approximate surface area is 190 Å². The molecule has 0 spiro atoms. The van der Waals surface area contributed by atoms with E-state index in [0.717, 1.165) is 43.4 Å². The molecule has 1 saturated heterocycles. The van der Waals surface area contributed by atoms with Crippen LogP contribution in [0, 0.1) is 13.8 Å². The minimum absolute atomic E-state index is 0.0231. The van der Waals surface area contributed by atoms with Crippen LogP contribution in [-0.4, -0.2) is 65.4 Å². The van der Waals surface area contributed by atoms with E-state index in [2.05, 4.69) is 9.97 Å². The highest BCUT2D eigenvalue weighted by Gasteiger charge is 2.38. The summed E-state index contributed by atoms with van der Waals surface area (Å²) in [5.74, 6) is -0.549. The van der Waals surface area contributed by atoms with E-state index in [-0.39, 0.29) is 39.9 Å². The maximum Gasteiger partial charge on any atom is 0.349 e. The summed E-state index contributed by atoms with van der Waals surface area (Å²) in [6.45, 7) is 2.86. The monoisotopic (exact) mass is 481 g/mol. The molecule has 2 aromatic rings. The van der Waals surface area contributed by atoms with Crippen LogP contribution in [0.4, 0.5) is 0 Å². The van der Waals surface area contributed by atoms with Crippen molar-refractivity contribution in [2.24, 2.45) is 0 Å². The van der Waals surface area contributed by atoms with Gasteiger partial charge in [-0.3, -0.25) is 9.59 Å². The van der Waals surface area contributed by atoms with E-state index in [1.165, 1.54) is 0 Å². The number of rotatable bonds is 5. The van der Waals surface area contributed by atoms with Gasteiger partial charge in [-0.1, -0.05) is 19.3 Å². The Balaban J connectivity index is 1.51. The topological polar surface area (TPSA) is 126 Å². The number of hydrogen-bond acceptors (Lipinski definition) is 8. The van der Waals surface area contributed by atoms with Crippen molar-refractivity contribution in [2.75, 3.05) is 18.1 Å². The van der Waals surface area contributed by atoms with Gasteiger partial charge in [-0.15, -0.1) is 11.3 Å². The molecule has 11 heteroatoms. The number of hydrogen-bond donors (Lipinski definition) is 1. The minimum Gasteiger partial charge on any atom is -0.451 e. The third kappa shape index (κ3) is 4.59. The van der Waals surface area contributed by atoms with Crippen LogP contribution in [0.1, 0.15) is 59.6 Å². The third-order valence-electron chi connectivity index (χ3n) is 6.29. The average molecular weight is 482 g/mol. The molecule has 174 valence electrons. The Kier molecular flexibility index (Phi) is 6.39. The van der Waals surface area contributed by atoms with Crippen LogP contribution in [-0.2, 0) is 19.4 Å². The smallest absolute Gasteiger partial charge is 0.349 e. The standard InChI is InChI=1S/C21H27N3O6S2/c1-12-17-19(26)22-13(2)23-20(17)31-18(12)21(27)30-10-16(25)24(14-6-4-3-5-7-14)15-8-9-32(28,29)11-15/h14-15H,3-11H2,1-2H3,(H,22,23,26)/t15-/m0/s1. The Hall–Kier alpha value is -2.27. The number of nitrogens with one attached hydrogen (secondary N) is 1. The Morgan fingerprint density at radius 1 is 1.16 bits per heavy atom. The predicted octanol–water partition coefficient (Wildman–Crippen LogP) is 2.11. The van der Waals surface area contributed by atoms with Gasteiger partial charge in [0.1, 0.15) is 15.5 Å². The molecule has 4 rings (SSSR count). The molecule has 2 aliphatic rings. The number of sulfone groups is 1. The summed E-state index contributed by atoms with van der Waals surface area (Å²) in [4.78, 5) is 47.4. The summed E-state index contributed by atoms with van der Waals surface area (Å²) in [5, 5.41) is 0.346. The molecular weight excluding hydrogens is 454 g/mol. The molecule has 0 radical (unpaired) electrons. The molecule has 1 N–H and O–H groups in total. The van der Waals surface area contributed by atoms with E-state index in [1.54, 1.807) is 18.7 Å². The van der Waals surface area contributed by atoms with Crippen LogP contribution >= 0.6 is 11.3 Å². The fourth-order valence-electron chi connectivity index (χ4n) is 4.77. The van der Waals surface area contributed by atoms with Crippen molar-refractivity contribution in [2.45, 2.75) is 64.5 Å². The van der Waals surface area contributed by atoms with Crippen molar-refractivity contribution in [3.05, 3.63) is 26.6 Å². The number of fused-ring (bicyclic) bond motifs is 1. The van der Waals surface area contributed by atoms with Crippen LogP contribution in [0.5, 0.6) is 0 Å². The van der Waals surface area contributed by atoms with Crippen molar-refractivity contribution in [1.29, 1.82) is 0 Å². The lowest BCUT2D eigenvalue weighted by molar-refractivity contribution is -0.139. The van der Waals surface area contributed by atoms with Gasteiger partial charge in [0, 0.05) is 12.1 Å². The summed E-state index contributed by atoms with van der Waals surface area (Å²) in [6.07, 6.45) is 5.18. The summed E-state index contributed by atoms with van der Waals surface area (Å²) < 4.78 is 29.4. The van der Waals surface area contributed by atoms with Gasteiger partial charge in [-0.25, -0.2) is 18.2 Å². The zero-order valence-electron chi connectivity index (χ0n) is 18.2. The first kappa shape index (κ1) is 22.9. The molecule has 1 amide bonds. The Morgan fingerprint density at radius 3 is 2.53 bits per heavy atom. The SMILES string of the molecule is Cc1nc2sc(C(=O)OCC(=O)N(C3CCCCC3)[C@H]3CCS(=O)(=O)C3)c(C)c2c(=O)[nH]1. The number of aryl methyl sites for hydroxylation is 2. The summed E-state index contributed by atoms with van der Waals surface area (Å²) in [7, 11) is -3.15. The van der Waals surface area contributed by atoms with Crippen LogP contribution in [0.2, 0.25) is 0 Å². The molecule has 3 heterocycles. The molecule has 1 saturated carbocycles. The molecular formula is C21H27N3O6S2. The minimum atomic E-state index is -3.15. The average Bonchev–Trinajstić information content (AvgIpc) is 3.26. The number of nitrogens with zero attached hydrogens (tertiary/aromatic N) is 2. The zero-order chi connectivity index (χ0) is 23.0. The lowest BCUT2D eigenvalue weighted by Gasteiger charge is -2.38. The van der Waals surface area contributed by atoms with E-state index in [1.807, 2.05) is 0 Å². The number of amides is 1. The number of esters is 1. The lowest BCUT2D eigenvalue weighted by Crippen LogP contribution is -2.50. The molecule has 0 unspecified atom stereocenters. The van der Waals surface area contributed by atoms with Gasteiger partial charge >= 0.3 is 5.97 Å². The second-order valence-electron chi connectivity index (χ2n) is 8.61. The number of aromatic nitrogens is 2. The number of ether oxygens (including phenoxy) is 1. The maximum absolute atomic E-state index is 13.1. The highest BCUT2D eigenvalue weighted by atomic mass is 32.2. The molecule has 0 aromatic carbocycles. The molecule has 1 aliphatic carbocycles. The van der Waals surface area contributed by atoms with Crippen LogP contribution in [0.3, 0.4) is 0 Å². The van der Waals surface area contributed by atoms with Crippen LogP contribution in [0.15, 0.2) is 4.79 Å². The van der Waals surface area contributed by atoms with E-state index < -0.39 is 22.4 Å². The van der Waals surface area contributed by atoms with E-state index in [0.29, 0.717) is 28.0 Å². The van der Waals surface area contributed by atoms with Gasteiger partial charge in [-0.05, 0) is 38.7 Å². The fraction of sp³-hybridized carbons (Fsp3) is 0.619. The van der Waals surface area contributed by atoms with Crippen molar-refractivity contribution in [3.63, 3.8) is 0 Å². The van der Waals surface area contributed by atoms with Gasteiger partial charge in [0.25, 0.3) is 11.5 Å². The quantitative estimate of drug-likeness (QED) is 0.648. The number of aromatic amines is 1. The summed E-state index contributed by atoms with van der Waals surface area (Å²) >= 11 is 1.06. The molecule has 2 fully saturated rings.